The molecule has 0 aliphatic carbocycles. The number of hydrogen-bond acceptors (Lipinski definition) is 1. The van der Waals surface area contributed by atoms with Gasteiger partial charge in [0.2, 0.25) is 0 Å². The molecule has 0 heterocycles. The molecule has 1 unspecified atom stereocenters. The van der Waals surface area contributed by atoms with Crippen LogP contribution in [0.25, 0.3) is 0 Å². The van der Waals surface area contributed by atoms with E-state index < -0.39 is 11.9 Å². The van der Waals surface area contributed by atoms with Crippen molar-refractivity contribution in [2.75, 3.05) is 0 Å². The molecule has 3 heteroatoms. The highest BCUT2D eigenvalue weighted by Gasteiger charge is 2.11. The summed E-state index contributed by atoms with van der Waals surface area (Å²) >= 11 is 5.70. The van der Waals surface area contributed by atoms with Gasteiger partial charge in [0.15, 0.2) is 0 Å². The third-order valence-electron chi connectivity index (χ3n) is 2.84. The molecule has 0 radical (unpaired) electrons. The molecular weight excluding hydrogens is 251 g/mol. The van der Waals surface area contributed by atoms with E-state index in [1.54, 1.807) is 6.07 Å². The molecule has 0 fully saturated rings. The van der Waals surface area contributed by atoms with E-state index in [9.17, 15) is 9.50 Å². The Balaban J connectivity index is 2.16. The first-order valence-corrected chi connectivity index (χ1v) is 6.12. The molecular formula is C15H14ClFO. The molecule has 2 rings (SSSR count). The molecule has 94 valence electrons. The van der Waals surface area contributed by atoms with Crippen LogP contribution in [0.15, 0.2) is 42.5 Å². The van der Waals surface area contributed by atoms with Crippen LogP contribution in [0.4, 0.5) is 4.39 Å². The highest BCUT2D eigenvalue weighted by molar-refractivity contribution is 6.30. The van der Waals surface area contributed by atoms with Crippen LogP contribution in [-0.4, -0.2) is 5.11 Å². The molecule has 2 aromatic rings. The van der Waals surface area contributed by atoms with Gasteiger partial charge < -0.3 is 5.11 Å². The number of hydrogen-bond donors (Lipinski definition) is 1. The summed E-state index contributed by atoms with van der Waals surface area (Å²) in [5.41, 5.74) is 2.82. The van der Waals surface area contributed by atoms with Crippen molar-refractivity contribution in [3.05, 3.63) is 70.0 Å². The van der Waals surface area contributed by atoms with Crippen LogP contribution in [-0.2, 0) is 6.42 Å². The minimum Gasteiger partial charge on any atom is -0.388 e. The normalized spacial score (nSPS) is 12.4. The first-order chi connectivity index (χ1) is 8.56. The van der Waals surface area contributed by atoms with Gasteiger partial charge >= 0.3 is 0 Å². The monoisotopic (exact) mass is 264 g/mol. The van der Waals surface area contributed by atoms with E-state index in [-0.39, 0.29) is 5.02 Å². The summed E-state index contributed by atoms with van der Waals surface area (Å²) in [4.78, 5) is 0. The first-order valence-electron chi connectivity index (χ1n) is 5.75. The molecule has 0 saturated carbocycles. The van der Waals surface area contributed by atoms with Gasteiger partial charge in [0.25, 0.3) is 0 Å². The summed E-state index contributed by atoms with van der Waals surface area (Å²) in [6, 6.07) is 12.2. The summed E-state index contributed by atoms with van der Waals surface area (Å²) < 4.78 is 13.0. The minimum absolute atomic E-state index is 0.0378. The van der Waals surface area contributed by atoms with Crippen LogP contribution in [0.1, 0.15) is 22.8 Å². The predicted octanol–water partition coefficient (Wildman–Crippen LogP) is 4.06. The van der Waals surface area contributed by atoms with Crippen LogP contribution < -0.4 is 0 Å². The Kier molecular flexibility index (Phi) is 4.00. The number of rotatable bonds is 3. The maximum atomic E-state index is 13.0. The van der Waals surface area contributed by atoms with Crippen molar-refractivity contribution >= 4 is 11.6 Å². The predicted molar refractivity (Wildman–Crippen MR) is 71.3 cm³/mol. The third-order valence-corrected chi connectivity index (χ3v) is 3.13. The Morgan fingerprint density at radius 2 is 2.00 bits per heavy atom. The fraction of sp³-hybridized carbons (Fsp3) is 0.200. The minimum atomic E-state index is -0.676. The van der Waals surface area contributed by atoms with E-state index >= 15 is 0 Å². The quantitative estimate of drug-likeness (QED) is 0.886. The van der Waals surface area contributed by atoms with E-state index in [4.69, 9.17) is 11.6 Å². The molecule has 1 nitrogen and oxygen atoms in total. The zero-order valence-corrected chi connectivity index (χ0v) is 10.8. The molecule has 1 N–H and O–H groups in total. The van der Waals surface area contributed by atoms with E-state index in [2.05, 4.69) is 0 Å². The lowest BCUT2D eigenvalue weighted by Crippen LogP contribution is -2.02. The molecule has 18 heavy (non-hydrogen) atoms. The van der Waals surface area contributed by atoms with Gasteiger partial charge in [-0.1, -0.05) is 47.5 Å². The summed E-state index contributed by atoms with van der Waals surface area (Å²) in [5.74, 6) is -0.469. The van der Waals surface area contributed by atoms with Gasteiger partial charge in [0, 0.05) is 6.42 Å². The van der Waals surface area contributed by atoms with E-state index in [1.165, 1.54) is 12.1 Å². The van der Waals surface area contributed by atoms with Crippen LogP contribution in [0.5, 0.6) is 0 Å². The maximum Gasteiger partial charge on any atom is 0.141 e. The van der Waals surface area contributed by atoms with Gasteiger partial charge in [-0.05, 0) is 30.2 Å². The molecule has 0 bridgehead atoms. The molecule has 1 atom stereocenters. The maximum absolute atomic E-state index is 13.0. The lowest BCUT2D eigenvalue weighted by Gasteiger charge is -2.12. The van der Waals surface area contributed by atoms with Gasteiger partial charge in [-0.15, -0.1) is 0 Å². The SMILES string of the molecule is Cc1cccc(CC(O)c2ccc(F)c(Cl)c2)c1. The fourth-order valence-electron chi connectivity index (χ4n) is 1.90. The molecule has 0 spiro atoms. The Bertz CT molecular complexity index is 554. The average molecular weight is 265 g/mol. The molecule has 0 aliphatic heterocycles. The van der Waals surface area contributed by atoms with Crippen molar-refractivity contribution in [1.29, 1.82) is 0 Å². The van der Waals surface area contributed by atoms with Gasteiger partial charge in [0.05, 0.1) is 11.1 Å². The second-order valence-corrected chi connectivity index (χ2v) is 4.79. The highest BCUT2D eigenvalue weighted by atomic mass is 35.5. The number of aryl methyl sites for hydroxylation is 1. The number of aliphatic hydroxyl groups is 1. The number of benzene rings is 2. The van der Waals surface area contributed by atoms with Crippen molar-refractivity contribution in [3.63, 3.8) is 0 Å². The zero-order valence-electron chi connectivity index (χ0n) is 10.0. The molecule has 0 aromatic heterocycles. The summed E-state index contributed by atoms with van der Waals surface area (Å²) in [5, 5.41) is 10.1. The van der Waals surface area contributed by atoms with Crippen molar-refractivity contribution < 1.29 is 9.50 Å². The van der Waals surface area contributed by atoms with E-state index in [0.717, 1.165) is 11.1 Å². The molecule has 0 aliphatic rings. The Labute approximate surface area is 111 Å². The van der Waals surface area contributed by atoms with Crippen molar-refractivity contribution in [2.24, 2.45) is 0 Å². The number of halogens is 2. The van der Waals surface area contributed by atoms with Crippen molar-refractivity contribution in [2.45, 2.75) is 19.4 Å². The zero-order chi connectivity index (χ0) is 13.1. The standard InChI is InChI=1S/C15H14ClFO/c1-10-3-2-4-11(7-10)8-15(18)12-5-6-14(17)13(16)9-12/h2-7,9,15,18H,8H2,1H3. The van der Waals surface area contributed by atoms with E-state index in [1.807, 2.05) is 31.2 Å². The van der Waals surface area contributed by atoms with Crippen LogP contribution >= 0.6 is 11.6 Å². The van der Waals surface area contributed by atoms with Gasteiger partial charge in [0.1, 0.15) is 5.82 Å². The van der Waals surface area contributed by atoms with Crippen molar-refractivity contribution in [3.8, 4) is 0 Å². The Morgan fingerprint density at radius 3 is 2.67 bits per heavy atom. The second-order valence-electron chi connectivity index (χ2n) is 4.38. The fourth-order valence-corrected chi connectivity index (χ4v) is 2.09. The topological polar surface area (TPSA) is 20.2 Å². The molecule has 2 aromatic carbocycles. The number of aliphatic hydroxyl groups excluding tert-OH is 1. The van der Waals surface area contributed by atoms with Crippen LogP contribution in [0.3, 0.4) is 0 Å². The smallest absolute Gasteiger partial charge is 0.141 e. The van der Waals surface area contributed by atoms with E-state index in [0.29, 0.717) is 12.0 Å². The summed E-state index contributed by atoms with van der Waals surface area (Å²) in [7, 11) is 0. The first kappa shape index (κ1) is 13.1. The Morgan fingerprint density at radius 1 is 1.22 bits per heavy atom. The summed E-state index contributed by atoms with van der Waals surface area (Å²) in [6.07, 6.45) is -0.186. The second kappa shape index (κ2) is 5.51. The lowest BCUT2D eigenvalue weighted by molar-refractivity contribution is 0.178. The molecule has 0 saturated heterocycles. The average Bonchev–Trinajstić information content (AvgIpc) is 2.32. The van der Waals surface area contributed by atoms with Crippen LogP contribution in [0.2, 0.25) is 5.02 Å². The van der Waals surface area contributed by atoms with Crippen molar-refractivity contribution in [1.82, 2.24) is 0 Å². The largest absolute Gasteiger partial charge is 0.388 e. The van der Waals surface area contributed by atoms with Gasteiger partial charge in [-0.2, -0.15) is 0 Å². The molecule has 0 amide bonds. The van der Waals surface area contributed by atoms with Gasteiger partial charge in [-0.25, -0.2) is 4.39 Å². The van der Waals surface area contributed by atoms with Crippen LogP contribution in [0, 0.1) is 12.7 Å². The highest BCUT2D eigenvalue weighted by Crippen LogP contribution is 2.23. The Hall–Kier alpha value is -1.38. The third kappa shape index (κ3) is 3.09. The van der Waals surface area contributed by atoms with Gasteiger partial charge in [-0.3, -0.25) is 0 Å². The summed E-state index contributed by atoms with van der Waals surface area (Å²) in [6.45, 7) is 2.00. The lowest BCUT2D eigenvalue weighted by atomic mass is 10.0.